The molecule has 0 spiro atoms. The summed E-state index contributed by atoms with van der Waals surface area (Å²) in [5, 5.41) is 9.11. The van der Waals surface area contributed by atoms with E-state index in [9.17, 15) is 0 Å². The number of halogens is 2. The monoisotopic (exact) mass is 381 g/mol. The molecule has 0 amide bonds. The highest BCUT2D eigenvalue weighted by Gasteiger charge is 2.16. The Bertz CT molecular complexity index is 1080. The predicted molar refractivity (Wildman–Crippen MR) is 104 cm³/mol. The zero-order valence-corrected chi connectivity index (χ0v) is 15.0. The molecule has 0 atom stereocenters. The van der Waals surface area contributed by atoms with Gasteiger partial charge in [-0.15, -0.1) is 10.2 Å². The molecule has 26 heavy (non-hydrogen) atoms. The first-order valence-electron chi connectivity index (χ1n) is 7.81. The molecule has 128 valence electrons. The Hall–Kier alpha value is -2.89. The molecular formula is C19H13Cl2N5. The molecule has 0 saturated heterocycles. The summed E-state index contributed by atoms with van der Waals surface area (Å²) < 4.78 is 1.75. The first-order chi connectivity index (χ1) is 12.6. The number of pyridine rings is 1. The van der Waals surface area contributed by atoms with Crippen molar-refractivity contribution < 1.29 is 0 Å². The maximum atomic E-state index is 6.36. The minimum Gasteiger partial charge on any atom is -0.383 e. The van der Waals surface area contributed by atoms with E-state index in [-0.39, 0.29) is 0 Å². The summed E-state index contributed by atoms with van der Waals surface area (Å²) in [7, 11) is 0. The van der Waals surface area contributed by atoms with Crippen LogP contribution in [0.2, 0.25) is 10.0 Å². The molecule has 0 aliphatic carbocycles. The van der Waals surface area contributed by atoms with Gasteiger partial charge in [-0.3, -0.25) is 4.57 Å². The molecule has 2 aromatic carbocycles. The summed E-state index contributed by atoms with van der Waals surface area (Å²) in [6, 6.07) is 17.2. The summed E-state index contributed by atoms with van der Waals surface area (Å²) in [6.45, 7) is 0. The van der Waals surface area contributed by atoms with Crippen molar-refractivity contribution in [3.63, 3.8) is 0 Å². The van der Waals surface area contributed by atoms with Crippen LogP contribution in [0.5, 0.6) is 0 Å². The van der Waals surface area contributed by atoms with E-state index in [0.29, 0.717) is 32.9 Å². The van der Waals surface area contributed by atoms with Crippen LogP contribution in [0.4, 0.5) is 5.82 Å². The van der Waals surface area contributed by atoms with Crippen molar-refractivity contribution in [3.8, 4) is 28.2 Å². The molecular weight excluding hydrogens is 369 g/mol. The van der Waals surface area contributed by atoms with Crippen LogP contribution < -0.4 is 5.73 Å². The lowest BCUT2D eigenvalue weighted by atomic mass is 10.1. The van der Waals surface area contributed by atoms with Crippen molar-refractivity contribution in [3.05, 3.63) is 77.2 Å². The number of nitrogen functional groups attached to an aromatic ring is 1. The quantitative estimate of drug-likeness (QED) is 0.548. The van der Waals surface area contributed by atoms with Crippen molar-refractivity contribution in [2.75, 3.05) is 5.73 Å². The van der Waals surface area contributed by atoms with Gasteiger partial charge in [0.1, 0.15) is 12.1 Å². The van der Waals surface area contributed by atoms with E-state index in [0.717, 1.165) is 11.1 Å². The van der Waals surface area contributed by atoms with Gasteiger partial charge in [-0.1, -0.05) is 59.6 Å². The average Bonchev–Trinajstić information content (AvgIpc) is 3.14. The normalized spacial score (nSPS) is 10.8. The molecule has 0 bridgehead atoms. The number of hydrogen-bond acceptors (Lipinski definition) is 4. The van der Waals surface area contributed by atoms with Crippen LogP contribution in [-0.2, 0) is 0 Å². The summed E-state index contributed by atoms with van der Waals surface area (Å²) in [6.07, 6.45) is 3.31. The molecule has 4 rings (SSSR count). The predicted octanol–water partition coefficient (Wildman–Crippen LogP) is 4.89. The molecule has 4 aromatic rings. The molecule has 7 heteroatoms. The van der Waals surface area contributed by atoms with Gasteiger partial charge < -0.3 is 5.73 Å². The highest BCUT2D eigenvalue weighted by Crippen LogP contribution is 2.33. The molecule has 0 aliphatic rings. The van der Waals surface area contributed by atoms with Crippen LogP contribution >= 0.6 is 23.2 Å². The van der Waals surface area contributed by atoms with E-state index in [2.05, 4.69) is 15.2 Å². The van der Waals surface area contributed by atoms with Gasteiger partial charge in [-0.2, -0.15) is 0 Å². The SMILES string of the molecule is Nc1ncc(-c2ccccc2)cc1-c1nncn1-c1cccc(Cl)c1Cl. The van der Waals surface area contributed by atoms with Crippen molar-refractivity contribution in [2.24, 2.45) is 0 Å². The maximum absolute atomic E-state index is 6.36. The minimum atomic E-state index is 0.358. The van der Waals surface area contributed by atoms with E-state index >= 15 is 0 Å². The number of aromatic nitrogens is 4. The van der Waals surface area contributed by atoms with Crippen molar-refractivity contribution in [2.45, 2.75) is 0 Å². The Morgan fingerprint density at radius 3 is 2.54 bits per heavy atom. The van der Waals surface area contributed by atoms with Crippen molar-refractivity contribution >= 4 is 29.0 Å². The molecule has 2 heterocycles. The number of nitrogens with zero attached hydrogens (tertiary/aromatic N) is 4. The fourth-order valence-electron chi connectivity index (χ4n) is 2.72. The zero-order valence-electron chi connectivity index (χ0n) is 13.5. The molecule has 0 radical (unpaired) electrons. The van der Waals surface area contributed by atoms with Gasteiger partial charge in [0, 0.05) is 11.8 Å². The van der Waals surface area contributed by atoms with Gasteiger partial charge in [-0.25, -0.2) is 4.98 Å². The fraction of sp³-hybridized carbons (Fsp3) is 0. The number of benzene rings is 2. The molecule has 0 aliphatic heterocycles. The molecule has 2 aromatic heterocycles. The van der Waals surface area contributed by atoms with Crippen LogP contribution in [-0.4, -0.2) is 19.7 Å². The Morgan fingerprint density at radius 1 is 0.923 bits per heavy atom. The van der Waals surface area contributed by atoms with Gasteiger partial charge >= 0.3 is 0 Å². The second-order valence-electron chi connectivity index (χ2n) is 5.62. The smallest absolute Gasteiger partial charge is 0.172 e. The van der Waals surface area contributed by atoms with E-state index in [4.69, 9.17) is 28.9 Å². The number of hydrogen-bond donors (Lipinski definition) is 1. The van der Waals surface area contributed by atoms with Crippen LogP contribution in [0.25, 0.3) is 28.2 Å². The first-order valence-corrected chi connectivity index (χ1v) is 8.56. The molecule has 5 nitrogen and oxygen atoms in total. The third kappa shape index (κ3) is 2.92. The highest BCUT2D eigenvalue weighted by molar-refractivity contribution is 6.43. The first kappa shape index (κ1) is 16.6. The lowest BCUT2D eigenvalue weighted by molar-refractivity contribution is 1.06. The number of rotatable bonds is 3. The summed E-state index contributed by atoms with van der Waals surface area (Å²) in [5.41, 5.74) is 9.43. The third-order valence-corrected chi connectivity index (χ3v) is 4.81. The van der Waals surface area contributed by atoms with Crippen LogP contribution in [0.3, 0.4) is 0 Å². The molecule has 2 N–H and O–H groups in total. The van der Waals surface area contributed by atoms with Gasteiger partial charge in [0.2, 0.25) is 0 Å². The van der Waals surface area contributed by atoms with E-state index in [1.807, 2.05) is 48.5 Å². The lowest BCUT2D eigenvalue weighted by Crippen LogP contribution is -2.02. The Kier molecular flexibility index (Phi) is 4.32. The van der Waals surface area contributed by atoms with Crippen molar-refractivity contribution in [1.82, 2.24) is 19.7 Å². The largest absolute Gasteiger partial charge is 0.383 e. The van der Waals surface area contributed by atoms with E-state index < -0.39 is 0 Å². The van der Waals surface area contributed by atoms with Crippen LogP contribution in [0.15, 0.2) is 67.1 Å². The van der Waals surface area contributed by atoms with Gasteiger partial charge in [0.15, 0.2) is 5.82 Å². The lowest BCUT2D eigenvalue weighted by Gasteiger charge is -2.12. The van der Waals surface area contributed by atoms with E-state index in [1.54, 1.807) is 23.2 Å². The molecule has 0 saturated carbocycles. The number of anilines is 1. The Balaban J connectivity index is 1.88. The summed E-state index contributed by atoms with van der Waals surface area (Å²) in [5.74, 6) is 0.897. The fourth-order valence-corrected chi connectivity index (χ4v) is 3.10. The third-order valence-electron chi connectivity index (χ3n) is 4.01. The van der Waals surface area contributed by atoms with E-state index in [1.165, 1.54) is 0 Å². The maximum Gasteiger partial charge on any atom is 0.172 e. The minimum absolute atomic E-state index is 0.358. The second kappa shape index (κ2) is 6.78. The van der Waals surface area contributed by atoms with Crippen molar-refractivity contribution in [1.29, 1.82) is 0 Å². The van der Waals surface area contributed by atoms with Crippen LogP contribution in [0.1, 0.15) is 0 Å². The summed E-state index contributed by atoms with van der Waals surface area (Å²) >= 11 is 12.5. The molecule has 0 unspecified atom stereocenters. The number of nitrogens with two attached hydrogens (primary N) is 1. The van der Waals surface area contributed by atoms with Gasteiger partial charge in [0.25, 0.3) is 0 Å². The van der Waals surface area contributed by atoms with Gasteiger partial charge in [-0.05, 0) is 23.8 Å². The average molecular weight is 382 g/mol. The molecule has 0 fully saturated rings. The van der Waals surface area contributed by atoms with Gasteiger partial charge in [0.05, 0.1) is 21.3 Å². The Morgan fingerprint density at radius 2 is 1.73 bits per heavy atom. The topological polar surface area (TPSA) is 69.6 Å². The zero-order chi connectivity index (χ0) is 18.1. The summed E-state index contributed by atoms with van der Waals surface area (Å²) in [4.78, 5) is 4.32. The second-order valence-corrected chi connectivity index (χ2v) is 6.41. The highest BCUT2D eigenvalue weighted by atomic mass is 35.5. The Labute approximate surface area is 160 Å². The van der Waals surface area contributed by atoms with Crippen LogP contribution in [0, 0.1) is 0 Å². The standard InChI is InChI=1S/C19H13Cl2N5/c20-15-7-4-8-16(17(15)21)26-11-24-25-19(26)14-9-13(10-23-18(14)22)12-5-2-1-3-6-12/h1-11H,(H2,22,23).